The summed E-state index contributed by atoms with van der Waals surface area (Å²) in [6.07, 6.45) is 2.30. The fraction of sp³-hybridized carbons (Fsp3) is 0.769. The van der Waals surface area contributed by atoms with E-state index in [4.69, 9.17) is 0 Å². The molecule has 0 radical (unpaired) electrons. The molecule has 7 heteroatoms. The molecule has 0 aromatic rings. The van der Waals surface area contributed by atoms with Crippen molar-refractivity contribution in [3.8, 4) is 0 Å². The number of aliphatic hydroxyl groups excluding tert-OH is 1. The van der Waals surface area contributed by atoms with Crippen LogP contribution in [0.25, 0.3) is 0 Å². The lowest BCUT2D eigenvalue weighted by molar-refractivity contribution is -0.126. The molecule has 2 rings (SSSR count). The molecule has 1 aliphatic carbocycles. The van der Waals surface area contributed by atoms with Gasteiger partial charge in [0.05, 0.1) is 6.10 Å². The third-order valence-electron chi connectivity index (χ3n) is 3.69. The Morgan fingerprint density at radius 1 is 1.45 bits per heavy atom. The Hall–Kier alpha value is -1.63. The second kappa shape index (κ2) is 6.21. The number of amides is 4. The summed E-state index contributed by atoms with van der Waals surface area (Å²) in [6.45, 7) is 0.660. The number of urea groups is 1. The predicted octanol–water partition coefficient (Wildman–Crippen LogP) is -0.452. The van der Waals surface area contributed by atoms with Crippen LogP contribution in [0.4, 0.5) is 4.79 Å². The first-order chi connectivity index (χ1) is 9.49. The molecule has 2 N–H and O–H groups in total. The zero-order valence-electron chi connectivity index (χ0n) is 11.7. The van der Waals surface area contributed by atoms with Crippen molar-refractivity contribution in [1.29, 1.82) is 0 Å². The zero-order valence-corrected chi connectivity index (χ0v) is 11.7. The topological polar surface area (TPSA) is 90.0 Å². The van der Waals surface area contributed by atoms with Gasteiger partial charge in [-0.15, -0.1) is 0 Å². The number of imide groups is 1. The number of carbonyl (C=O) groups excluding carboxylic acids is 3. The minimum absolute atomic E-state index is 0.110. The SMILES string of the molecule is CN1CC(=O)N(CCCC(=O)NCC(O)C2CC2)C1=O. The minimum atomic E-state index is -0.450. The third-order valence-corrected chi connectivity index (χ3v) is 3.69. The van der Waals surface area contributed by atoms with Gasteiger partial charge in [0.25, 0.3) is 0 Å². The predicted molar refractivity (Wildman–Crippen MR) is 70.7 cm³/mol. The molecule has 2 aliphatic rings. The van der Waals surface area contributed by atoms with Crippen LogP contribution in [0.15, 0.2) is 0 Å². The molecule has 0 aromatic heterocycles. The standard InChI is InChI=1S/C13H21N3O4/c1-15-8-12(19)16(13(15)20)6-2-3-11(18)14-7-10(17)9-4-5-9/h9-10,17H,2-8H2,1H3,(H,14,18). The van der Waals surface area contributed by atoms with Crippen molar-refractivity contribution >= 4 is 17.8 Å². The van der Waals surface area contributed by atoms with Gasteiger partial charge in [-0.25, -0.2) is 4.79 Å². The summed E-state index contributed by atoms with van der Waals surface area (Å²) >= 11 is 0. The third kappa shape index (κ3) is 3.69. The highest BCUT2D eigenvalue weighted by atomic mass is 16.3. The van der Waals surface area contributed by atoms with Gasteiger partial charge in [-0.1, -0.05) is 0 Å². The molecule has 1 saturated carbocycles. The number of hydrogen-bond donors (Lipinski definition) is 2. The zero-order chi connectivity index (χ0) is 14.7. The van der Waals surface area contributed by atoms with E-state index in [0.29, 0.717) is 12.3 Å². The van der Waals surface area contributed by atoms with Crippen LogP contribution in [-0.4, -0.2) is 65.5 Å². The van der Waals surface area contributed by atoms with Gasteiger partial charge in [0.15, 0.2) is 0 Å². The summed E-state index contributed by atoms with van der Waals surface area (Å²) < 4.78 is 0. The van der Waals surface area contributed by atoms with Crippen LogP contribution < -0.4 is 5.32 Å². The first kappa shape index (κ1) is 14.8. The summed E-state index contributed by atoms with van der Waals surface area (Å²) in [6, 6.07) is -0.306. The van der Waals surface area contributed by atoms with Crippen LogP contribution in [0.3, 0.4) is 0 Å². The summed E-state index contributed by atoms with van der Waals surface area (Å²) in [5, 5.41) is 12.3. The first-order valence-electron chi connectivity index (χ1n) is 6.99. The summed E-state index contributed by atoms with van der Waals surface area (Å²) in [5.41, 5.74) is 0. The molecule has 1 aliphatic heterocycles. The van der Waals surface area contributed by atoms with E-state index in [-0.39, 0.29) is 43.9 Å². The van der Waals surface area contributed by atoms with E-state index in [1.54, 1.807) is 7.05 Å². The highest BCUT2D eigenvalue weighted by Crippen LogP contribution is 2.32. The van der Waals surface area contributed by atoms with Crippen molar-refractivity contribution in [2.24, 2.45) is 5.92 Å². The maximum absolute atomic E-state index is 11.6. The normalized spacial score (nSPS) is 20.5. The van der Waals surface area contributed by atoms with Gasteiger partial charge >= 0.3 is 6.03 Å². The molecule has 1 unspecified atom stereocenters. The van der Waals surface area contributed by atoms with Crippen molar-refractivity contribution in [1.82, 2.24) is 15.1 Å². The lowest BCUT2D eigenvalue weighted by atomic mass is 10.2. The first-order valence-corrected chi connectivity index (χ1v) is 6.99. The van der Waals surface area contributed by atoms with Crippen molar-refractivity contribution in [3.63, 3.8) is 0 Å². The van der Waals surface area contributed by atoms with E-state index in [1.165, 1.54) is 9.80 Å². The second-order valence-corrected chi connectivity index (χ2v) is 5.50. The van der Waals surface area contributed by atoms with Gasteiger partial charge < -0.3 is 15.3 Å². The van der Waals surface area contributed by atoms with Gasteiger partial charge in [-0.05, 0) is 25.2 Å². The molecule has 0 bridgehead atoms. The Labute approximate surface area is 117 Å². The van der Waals surface area contributed by atoms with E-state index in [9.17, 15) is 19.5 Å². The quantitative estimate of drug-likeness (QED) is 0.619. The Morgan fingerprint density at radius 2 is 2.15 bits per heavy atom. The molecule has 112 valence electrons. The maximum Gasteiger partial charge on any atom is 0.326 e. The van der Waals surface area contributed by atoms with Gasteiger partial charge in [0.2, 0.25) is 11.8 Å². The van der Waals surface area contributed by atoms with Crippen molar-refractivity contribution in [2.75, 3.05) is 26.7 Å². The maximum atomic E-state index is 11.6. The van der Waals surface area contributed by atoms with Crippen LogP contribution in [0.5, 0.6) is 0 Å². The lowest BCUT2D eigenvalue weighted by Crippen LogP contribution is -2.35. The number of aliphatic hydroxyl groups is 1. The van der Waals surface area contributed by atoms with Crippen molar-refractivity contribution in [2.45, 2.75) is 31.8 Å². The van der Waals surface area contributed by atoms with Gasteiger partial charge in [0.1, 0.15) is 6.54 Å². The van der Waals surface area contributed by atoms with Gasteiger partial charge in [-0.3, -0.25) is 14.5 Å². The largest absolute Gasteiger partial charge is 0.391 e. The van der Waals surface area contributed by atoms with E-state index in [0.717, 1.165) is 12.8 Å². The molecule has 0 aromatic carbocycles. The minimum Gasteiger partial charge on any atom is -0.391 e. The second-order valence-electron chi connectivity index (χ2n) is 5.50. The molecule has 2 fully saturated rings. The number of hydrogen-bond acceptors (Lipinski definition) is 4. The Morgan fingerprint density at radius 3 is 2.70 bits per heavy atom. The molecule has 1 saturated heterocycles. The Balaban J connectivity index is 1.61. The number of rotatable bonds is 7. The summed E-state index contributed by atoms with van der Waals surface area (Å²) in [5.74, 6) is -0.0371. The monoisotopic (exact) mass is 283 g/mol. The van der Waals surface area contributed by atoms with Crippen LogP contribution in [0.2, 0.25) is 0 Å². The van der Waals surface area contributed by atoms with Crippen LogP contribution >= 0.6 is 0 Å². The average molecular weight is 283 g/mol. The van der Waals surface area contributed by atoms with Crippen LogP contribution in [0.1, 0.15) is 25.7 Å². The van der Waals surface area contributed by atoms with E-state index < -0.39 is 6.10 Å². The van der Waals surface area contributed by atoms with E-state index >= 15 is 0 Å². The molecule has 1 heterocycles. The van der Waals surface area contributed by atoms with Crippen molar-refractivity contribution in [3.05, 3.63) is 0 Å². The smallest absolute Gasteiger partial charge is 0.326 e. The van der Waals surface area contributed by atoms with E-state index in [2.05, 4.69) is 5.32 Å². The fourth-order valence-corrected chi connectivity index (χ4v) is 2.24. The number of nitrogens with zero attached hydrogens (tertiary/aromatic N) is 2. The van der Waals surface area contributed by atoms with E-state index in [1.807, 2.05) is 0 Å². The molecule has 4 amide bonds. The van der Waals surface area contributed by atoms with Gasteiger partial charge in [-0.2, -0.15) is 0 Å². The highest BCUT2D eigenvalue weighted by molar-refractivity contribution is 6.01. The molecule has 0 spiro atoms. The summed E-state index contributed by atoms with van der Waals surface area (Å²) in [7, 11) is 1.58. The lowest BCUT2D eigenvalue weighted by Gasteiger charge is -2.14. The molecular formula is C13H21N3O4. The molecular weight excluding hydrogens is 262 g/mol. The fourth-order valence-electron chi connectivity index (χ4n) is 2.24. The number of likely N-dealkylation sites (N-methyl/N-ethyl adjacent to an activating group) is 1. The van der Waals surface area contributed by atoms with Crippen LogP contribution in [-0.2, 0) is 9.59 Å². The average Bonchev–Trinajstić information content (AvgIpc) is 3.20. The van der Waals surface area contributed by atoms with Crippen LogP contribution in [0, 0.1) is 5.92 Å². The Bertz CT molecular complexity index is 408. The Kier molecular flexibility index (Phi) is 4.59. The summed E-state index contributed by atoms with van der Waals surface area (Å²) in [4.78, 5) is 37.2. The molecule has 1 atom stereocenters. The highest BCUT2D eigenvalue weighted by Gasteiger charge is 2.33. The molecule has 7 nitrogen and oxygen atoms in total. The van der Waals surface area contributed by atoms with Crippen molar-refractivity contribution < 1.29 is 19.5 Å². The number of carbonyl (C=O) groups is 3. The van der Waals surface area contributed by atoms with Gasteiger partial charge in [0, 0.05) is 26.6 Å². The number of nitrogens with one attached hydrogen (secondary N) is 1. The molecule has 20 heavy (non-hydrogen) atoms.